The van der Waals surface area contributed by atoms with Gasteiger partial charge in [0.1, 0.15) is 0 Å². The number of likely N-dealkylation sites (N-methyl/N-ethyl adjacent to an activating group) is 1. The van der Waals surface area contributed by atoms with Gasteiger partial charge in [-0.15, -0.1) is 0 Å². The van der Waals surface area contributed by atoms with Crippen molar-refractivity contribution < 1.29 is 22.7 Å². The van der Waals surface area contributed by atoms with Crippen LogP contribution in [0, 0.1) is 0 Å². The predicted octanol–water partition coefficient (Wildman–Crippen LogP) is 2.45. The van der Waals surface area contributed by atoms with Gasteiger partial charge in [0.25, 0.3) is 0 Å². The predicted molar refractivity (Wildman–Crippen MR) is 109 cm³/mol. The molecule has 0 unspecified atom stereocenters. The summed E-state index contributed by atoms with van der Waals surface area (Å²) in [4.78, 5) is 14.7. The number of carbonyl (C=O) groups excluding carboxylic acids is 1. The highest BCUT2D eigenvalue weighted by Crippen LogP contribution is 2.33. The summed E-state index contributed by atoms with van der Waals surface area (Å²) in [5.74, 6) is 0.705. The third kappa shape index (κ3) is 3.95. The summed E-state index contributed by atoms with van der Waals surface area (Å²) in [6.07, 6.45) is 2.52. The van der Waals surface area contributed by atoms with Crippen LogP contribution in [0.15, 0.2) is 47.4 Å². The molecule has 2 aliphatic rings. The number of hydrogen-bond acceptors (Lipinski definition) is 5. The zero-order valence-corrected chi connectivity index (χ0v) is 17.2. The summed E-state index contributed by atoms with van der Waals surface area (Å²) in [6, 6.07) is 12.3. The normalized spacial score (nSPS) is 16.3. The van der Waals surface area contributed by atoms with Gasteiger partial charge in [0.2, 0.25) is 15.9 Å². The van der Waals surface area contributed by atoms with Gasteiger partial charge in [-0.25, -0.2) is 8.42 Å². The van der Waals surface area contributed by atoms with Crippen molar-refractivity contribution >= 4 is 21.6 Å². The summed E-state index contributed by atoms with van der Waals surface area (Å²) >= 11 is 0. The van der Waals surface area contributed by atoms with Crippen molar-refractivity contribution in [1.82, 2.24) is 4.31 Å². The van der Waals surface area contributed by atoms with Gasteiger partial charge in [-0.1, -0.05) is 18.2 Å². The van der Waals surface area contributed by atoms with E-state index in [1.165, 1.54) is 19.2 Å². The molecule has 0 atom stereocenters. The lowest BCUT2D eigenvalue weighted by Crippen LogP contribution is -2.43. The Hall–Kier alpha value is -2.58. The first-order valence-electron chi connectivity index (χ1n) is 9.71. The summed E-state index contributed by atoms with van der Waals surface area (Å²) in [5, 5.41) is 0. The third-order valence-corrected chi connectivity index (χ3v) is 7.00. The van der Waals surface area contributed by atoms with Gasteiger partial charge in [-0.2, -0.15) is 4.31 Å². The molecule has 1 amide bonds. The lowest BCUT2D eigenvalue weighted by Gasteiger charge is -2.30. The molecule has 4 rings (SSSR count). The number of anilines is 1. The first-order valence-corrected chi connectivity index (χ1v) is 11.1. The van der Waals surface area contributed by atoms with Crippen LogP contribution in [-0.4, -0.2) is 52.0 Å². The van der Waals surface area contributed by atoms with E-state index in [0.717, 1.165) is 34.8 Å². The van der Waals surface area contributed by atoms with Gasteiger partial charge in [0.05, 0.1) is 24.7 Å². The van der Waals surface area contributed by atoms with Crippen molar-refractivity contribution in [3.05, 3.63) is 48.0 Å². The van der Waals surface area contributed by atoms with E-state index in [1.54, 1.807) is 11.0 Å². The minimum Gasteiger partial charge on any atom is -0.490 e. The highest BCUT2D eigenvalue weighted by atomic mass is 32.2. The molecule has 2 heterocycles. The van der Waals surface area contributed by atoms with Gasteiger partial charge in [-0.05, 0) is 36.6 Å². The molecule has 0 spiro atoms. The minimum absolute atomic E-state index is 0.0797. The molecule has 0 radical (unpaired) electrons. The molecule has 154 valence electrons. The highest BCUT2D eigenvalue weighted by molar-refractivity contribution is 7.89. The minimum atomic E-state index is -3.85. The van der Waals surface area contributed by atoms with Crippen LogP contribution >= 0.6 is 0 Å². The van der Waals surface area contributed by atoms with Crippen LogP contribution in [0.25, 0.3) is 0 Å². The Kier molecular flexibility index (Phi) is 5.47. The quantitative estimate of drug-likeness (QED) is 0.765. The Morgan fingerprint density at radius 3 is 2.66 bits per heavy atom. The first kappa shape index (κ1) is 19.7. The maximum absolute atomic E-state index is 13.0. The second kappa shape index (κ2) is 8.04. The maximum Gasteiger partial charge on any atom is 0.243 e. The number of benzene rings is 2. The topological polar surface area (TPSA) is 76.2 Å². The largest absolute Gasteiger partial charge is 0.490 e. The Bertz CT molecular complexity index is 1020. The first-order chi connectivity index (χ1) is 14.0. The lowest BCUT2D eigenvalue weighted by molar-refractivity contribution is -0.118. The molecule has 7 nitrogen and oxygen atoms in total. The number of amides is 1. The van der Waals surface area contributed by atoms with Crippen LogP contribution in [0.1, 0.15) is 18.4 Å². The second-order valence-electron chi connectivity index (χ2n) is 7.20. The van der Waals surface area contributed by atoms with Crippen molar-refractivity contribution in [2.75, 3.05) is 38.3 Å². The van der Waals surface area contributed by atoms with Crippen LogP contribution in [-0.2, 0) is 21.2 Å². The zero-order chi connectivity index (χ0) is 20.4. The van der Waals surface area contributed by atoms with Crippen molar-refractivity contribution in [2.45, 2.75) is 24.2 Å². The summed E-state index contributed by atoms with van der Waals surface area (Å²) in [6.45, 7) is 1.36. The van der Waals surface area contributed by atoms with Gasteiger partial charge in [0.15, 0.2) is 11.5 Å². The van der Waals surface area contributed by atoms with Crippen molar-refractivity contribution in [1.29, 1.82) is 0 Å². The molecule has 0 saturated heterocycles. The fraction of sp³-hybridized carbons (Fsp3) is 0.381. The summed E-state index contributed by atoms with van der Waals surface area (Å²) in [7, 11) is -2.42. The summed E-state index contributed by atoms with van der Waals surface area (Å²) < 4.78 is 38.3. The average Bonchev–Trinajstić information content (AvgIpc) is 2.98. The SMILES string of the molecule is CN(CC(=O)N1CCCc2ccccc21)S(=O)(=O)c1ccc2c(c1)OCCCO2. The molecule has 0 bridgehead atoms. The van der Waals surface area contributed by atoms with Crippen LogP contribution in [0.4, 0.5) is 5.69 Å². The fourth-order valence-corrected chi connectivity index (χ4v) is 4.77. The molecule has 2 aromatic rings. The molecule has 2 aromatic carbocycles. The van der Waals surface area contributed by atoms with E-state index < -0.39 is 10.0 Å². The molecular weight excluding hydrogens is 392 g/mol. The molecule has 0 saturated carbocycles. The number of hydrogen-bond donors (Lipinski definition) is 0. The number of nitrogens with zero attached hydrogens (tertiary/aromatic N) is 2. The Morgan fingerprint density at radius 1 is 1.07 bits per heavy atom. The number of para-hydroxylation sites is 1. The van der Waals surface area contributed by atoms with Crippen molar-refractivity contribution in [3.63, 3.8) is 0 Å². The molecule has 0 fully saturated rings. The number of rotatable bonds is 4. The molecule has 0 N–H and O–H groups in total. The number of sulfonamides is 1. The third-order valence-electron chi connectivity index (χ3n) is 5.20. The Balaban J connectivity index is 1.53. The van der Waals surface area contributed by atoms with E-state index in [0.29, 0.717) is 31.3 Å². The average molecular weight is 416 g/mol. The number of fused-ring (bicyclic) bond motifs is 2. The van der Waals surface area contributed by atoms with E-state index in [1.807, 2.05) is 24.3 Å². The molecular formula is C21H24N2O5S. The van der Waals surface area contributed by atoms with Crippen LogP contribution in [0.5, 0.6) is 11.5 Å². The zero-order valence-electron chi connectivity index (χ0n) is 16.3. The molecule has 29 heavy (non-hydrogen) atoms. The van der Waals surface area contributed by atoms with E-state index in [9.17, 15) is 13.2 Å². The van der Waals surface area contributed by atoms with E-state index in [-0.39, 0.29) is 17.3 Å². The van der Waals surface area contributed by atoms with E-state index in [2.05, 4.69) is 0 Å². The fourth-order valence-electron chi connectivity index (χ4n) is 3.64. The van der Waals surface area contributed by atoms with Crippen LogP contribution in [0.2, 0.25) is 0 Å². The van der Waals surface area contributed by atoms with Crippen molar-refractivity contribution in [3.8, 4) is 11.5 Å². The maximum atomic E-state index is 13.0. The summed E-state index contributed by atoms with van der Waals surface area (Å²) in [5.41, 5.74) is 1.98. The van der Waals surface area contributed by atoms with Gasteiger partial charge in [0, 0.05) is 31.8 Å². The van der Waals surface area contributed by atoms with Gasteiger partial charge < -0.3 is 14.4 Å². The Labute approximate surface area is 170 Å². The lowest BCUT2D eigenvalue weighted by atomic mass is 10.0. The standard InChI is InChI=1S/C21H24N2O5S/c1-22(15-21(24)23-11-4-7-16-6-2-3-8-18(16)23)29(25,26)17-9-10-19-20(14-17)28-13-5-12-27-19/h2-3,6,8-10,14H,4-5,7,11-13,15H2,1H3. The van der Waals surface area contributed by atoms with Gasteiger partial charge in [-0.3, -0.25) is 4.79 Å². The smallest absolute Gasteiger partial charge is 0.243 e. The van der Waals surface area contributed by atoms with Crippen LogP contribution in [0.3, 0.4) is 0 Å². The molecule has 0 aromatic heterocycles. The monoisotopic (exact) mass is 416 g/mol. The van der Waals surface area contributed by atoms with Gasteiger partial charge >= 0.3 is 0 Å². The van der Waals surface area contributed by atoms with Crippen LogP contribution < -0.4 is 14.4 Å². The number of ether oxygens (including phenoxy) is 2. The molecule has 0 aliphatic carbocycles. The highest BCUT2D eigenvalue weighted by Gasteiger charge is 2.29. The second-order valence-corrected chi connectivity index (χ2v) is 9.24. The molecule has 2 aliphatic heterocycles. The number of carbonyl (C=O) groups is 1. The van der Waals surface area contributed by atoms with E-state index >= 15 is 0 Å². The van der Waals surface area contributed by atoms with E-state index in [4.69, 9.17) is 9.47 Å². The number of aryl methyl sites for hydroxylation is 1. The molecule has 8 heteroatoms. The van der Waals surface area contributed by atoms with Crippen molar-refractivity contribution in [2.24, 2.45) is 0 Å². The Morgan fingerprint density at radius 2 is 1.83 bits per heavy atom.